The van der Waals surface area contributed by atoms with Gasteiger partial charge in [0.05, 0.1) is 24.4 Å². The number of carbonyl (C=O) groups is 2. The Morgan fingerprint density at radius 3 is 2.10 bits per heavy atom. The maximum Gasteiger partial charge on any atom is 0.265 e. The number of hydrogen-bond donors (Lipinski definition) is 2. The Labute approximate surface area is 182 Å². The highest BCUT2D eigenvalue weighted by molar-refractivity contribution is 6.04. The van der Waals surface area contributed by atoms with Crippen LogP contribution in [0.5, 0.6) is 11.5 Å². The van der Waals surface area contributed by atoms with Crippen molar-refractivity contribution in [3.8, 4) is 11.5 Å². The van der Waals surface area contributed by atoms with Crippen molar-refractivity contribution < 1.29 is 19.1 Å². The first-order valence-electron chi connectivity index (χ1n) is 10.0. The number of ether oxygens (including phenoxy) is 2. The van der Waals surface area contributed by atoms with Gasteiger partial charge in [-0.2, -0.15) is 0 Å². The molecule has 6 heteroatoms. The first-order chi connectivity index (χ1) is 15.0. The Balaban J connectivity index is 1.66. The van der Waals surface area contributed by atoms with Gasteiger partial charge in [0.2, 0.25) is 0 Å². The van der Waals surface area contributed by atoms with Crippen LogP contribution in [0.4, 0.5) is 5.69 Å². The van der Waals surface area contributed by atoms with E-state index in [0.29, 0.717) is 22.7 Å². The molecule has 3 rings (SSSR count). The Morgan fingerprint density at radius 2 is 1.42 bits per heavy atom. The molecule has 2 amide bonds. The molecule has 6 nitrogen and oxygen atoms in total. The molecule has 0 aromatic heterocycles. The maximum absolute atomic E-state index is 12.8. The van der Waals surface area contributed by atoms with Crippen LogP contribution in [0.15, 0.2) is 78.9 Å². The summed E-state index contributed by atoms with van der Waals surface area (Å²) in [6.45, 7) is 3.57. The number of benzene rings is 3. The Bertz CT molecular complexity index is 1020. The summed E-state index contributed by atoms with van der Waals surface area (Å²) < 4.78 is 10.8. The highest BCUT2D eigenvalue weighted by Crippen LogP contribution is 2.20. The van der Waals surface area contributed by atoms with Crippen molar-refractivity contribution in [1.29, 1.82) is 0 Å². The minimum atomic E-state index is -0.757. The van der Waals surface area contributed by atoms with Gasteiger partial charge >= 0.3 is 0 Å². The van der Waals surface area contributed by atoms with E-state index >= 15 is 0 Å². The third-order valence-corrected chi connectivity index (χ3v) is 4.82. The predicted molar refractivity (Wildman–Crippen MR) is 120 cm³/mol. The Kier molecular flexibility index (Phi) is 7.27. The van der Waals surface area contributed by atoms with Crippen LogP contribution >= 0.6 is 0 Å². The summed E-state index contributed by atoms with van der Waals surface area (Å²) in [5, 5.41) is 5.77. The number of methoxy groups -OCH3 is 1. The highest BCUT2D eigenvalue weighted by Gasteiger charge is 2.19. The summed E-state index contributed by atoms with van der Waals surface area (Å²) in [6.07, 6.45) is -0.757. The van der Waals surface area contributed by atoms with Crippen molar-refractivity contribution in [2.24, 2.45) is 0 Å². The number of amides is 2. The summed E-state index contributed by atoms with van der Waals surface area (Å²) >= 11 is 0. The van der Waals surface area contributed by atoms with Gasteiger partial charge in [-0.1, -0.05) is 42.5 Å². The molecule has 0 radical (unpaired) electrons. The van der Waals surface area contributed by atoms with Gasteiger partial charge in [0.15, 0.2) is 6.10 Å². The SMILES string of the molecule is COc1ccc(OC(C)C(=O)Nc2ccccc2C(=O)NC(C)c2ccccc2)cc1. The molecule has 3 aromatic rings. The fourth-order valence-electron chi connectivity index (χ4n) is 3.04. The third kappa shape index (κ3) is 5.85. The number of rotatable bonds is 8. The molecule has 0 bridgehead atoms. The molecule has 2 unspecified atom stereocenters. The van der Waals surface area contributed by atoms with E-state index in [1.165, 1.54) is 0 Å². The minimum absolute atomic E-state index is 0.171. The summed E-state index contributed by atoms with van der Waals surface area (Å²) in [7, 11) is 1.58. The van der Waals surface area contributed by atoms with Crippen LogP contribution in [-0.4, -0.2) is 25.0 Å². The van der Waals surface area contributed by atoms with Crippen molar-refractivity contribution >= 4 is 17.5 Å². The fourth-order valence-corrected chi connectivity index (χ4v) is 3.04. The van der Waals surface area contributed by atoms with Crippen LogP contribution in [-0.2, 0) is 4.79 Å². The summed E-state index contributed by atoms with van der Waals surface area (Å²) in [4.78, 5) is 25.5. The van der Waals surface area contributed by atoms with Crippen molar-refractivity contribution in [1.82, 2.24) is 5.32 Å². The molecule has 0 heterocycles. The van der Waals surface area contributed by atoms with E-state index in [2.05, 4.69) is 10.6 Å². The van der Waals surface area contributed by atoms with Gasteiger partial charge in [0.1, 0.15) is 11.5 Å². The number of anilines is 1. The second-order valence-electron chi connectivity index (χ2n) is 7.08. The topological polar surface area (TPSA) is 76.7 Å². The standard InChI is InChI=1S/C25H26N2O4/c1-17(19-9-5-4-6-10-19)26-25(29)22-11-7-8-12-23(22)27-24(28)18(2)31-21-15-13-20(30-3)14-16-21/h4-18H,1-3H3,(H,26,29)(H,27,28). The zero-order valence-electron chi connectivity index (χ0n) is 17.8. The van der Waals surface area contributed by atoms with Crippen molar-refractivity contribution in [3.63, 3.8) is 0 Å². The third-order valence-electron chi connectivity index (χ3n) is 4.82. The van der Waals surface area contributed by atoms with Gasteiger partial charge in [0, 0.05) is 0 Å². The van der Waals surface area contributed by atoms with Crippen molar-refractivity contribution in [3.05, 3.63) is 90.0 Å². The molecule has 0 aliphatic heterocycles. The van der Waals surface area contributed by atoms with Crippen molar-refractivity contribution in [2.75, 3.05) is 12.4 Å². The Morgan fingerprint density at radius 1 is 0.806 bits per heavy atom. The van der Waals surface area contributed by atoms with E-state index in [1.54, 1.807) is 62.6 Å². The molecule has 0 aliphatic carbocycles. The van der Waals surface area contributed by atoms with E-state index in [9.17, 15) is 9.59 Å². The number of hydrogen-bond acceptors (Lipinski definition) is 4. The average molecular weight is 418 g/mol. The van der Waals surface area contributed by atoms with E-state index in [1.807, 2.05) is 37.3 Å². The van der Waals surface area contributed by atoms with Gasteiger partial charge in [-0.05, 0) is 55.8 Å². The molecule has 160 valence electrons. The second-order valence-corrected chi connectivity index (χ2v) is 7.08. The molecule has 0 saturated carbocycles. The molecular formula is C25H26N2O4. The van der Waals surface area contributed by atoms with Gasteiger partial charge < -0.3 is 20.1 Å². The van der Waals surface area contributed by atoms with Crippen molar-refractivity contribution in [2.45, 2.75) is 26.0 Å². The molecule has 2 atom stereocenters. The van der Waals surface area contributed by atoms with E-state index in [4.69, 9.17) is 9.47 Å². The quantitative estimate of drug-likeness (QED) is 0.561. The lowest BCUT2D eigenvalue weighted by molar-refractivity contribution is -0.122. The fraction of sp³-hybridized carbons (Fsp3) is 0.200. The van der Waals surface area contributed by atoms with E-state index in [0.717, 1.165) is 5.56 Å². The predicted octanol–water partition coefficient (Wildman–Crippen LogP) is 4.59. The molecule has 0 fully saturated rings. The lowest BCUT2D eigenvalue weighted by Gasteiger charge is -2.18. The lowest BCUT2D eigenvalue weighted by atomic mass is 10.1. The van der Waals surface area contributed by atoms with Crippen LogP contribution in [0.25, 0.3) is 0 Å². The normalized spacial score (nSPS) is 12.4. The van der Waals surface area contributed by atoms with Gasteiger partial charge in [-0.3, -0.25) is 9.59 Å². The van der Waals surface area contributed by atoms with Crippen LogP contribution in [0.3, 0.4) is 0 Å². The molecule has 0 aliphatic rings. The summed E-state index contributed by atoms with van der Waals surface area (Å²) in [5.41, 5.74) is 1.81. The number of carbonyl (C=O) groups excluding carboxylic acids is 2. The van der Waals surface area contributed by atoms with Crippen LogP contribution in [0, 0.1) is 0 Å². The zero-order chi connectivity index (χ0) is 22.2. The second kappa shape index (κ2) is 10.3. The Hall–Kier alpha value is -3.80. The number of nitrogens with one attached hydrogen (secondary N) is 2. The van der Waals surface area contributed by atoms with Crippen LogP contribution in [0.2, 0.25) is 0 Å². The first kappa shape index (κ1) is 21.9. The molecular weight excluding hydrogens is 392 g/mol. The highest BCUT2D eigenvalue weighted by atomic mass is 16.5. The van der Waals surface area contributed by atoms with E-state index in [-0.39, 0.29) is 17.9 Å². The molecule has 2 N–H and O–H groups in total. The maximum atomic E-state index is 12.8. The molecule has 0 saturated heterocycles. The summed E-state index contributed by atoms with van der Waals surface area (Å²) in [5.74, 6) is 0.628. The lowest BCUT2D eigenvalue weighted by Crippen LogP contribution is -2.32. The monoisotopic (exact) mass is 418 g/mol. The largest absolute Gasteiger partial charge is 0.497 e. The van der Waals surface area contributed by atoms with Crippen LogP contribution < -0.4 is 20.1 Å². The average Bonchev–Trinajstić information content (AvgIpc) is 2.80. The zero-order valence-corrected chi connectivity index (χ0v) is 17.8. The van der Waals surface area contributed by atoms with Gasteiger partial charge in [-0.25, -0.2) is 0 Å². The molecule has 0 spiro atoms. The van der Waals surface area contributed by atoms with Gasteiger partial charge in [-0.15, -0.1) is 0 Å². The summed E-state index contributed by atoms with van der Waals surface area (Å²) in [6, 6.07) is 23.4. The van der Waals surface area contributed by atoms with E-state index < -0.39 is 6.10 Å². The minimum Gasteiger partial charge on any atom is -0.497 e. The molecule has 3 aromatic carbocycles. The number of para-hydroxylation sites is 1. The smallest absolute Gasteiger partial charge is 0.265 e. The van der Waals surface area contributed by atoms with Crippen LogP contribution in [0.1, 0.15) is 35.8 Å². The molecule has 31 heavy (non-hydrogen) atoms. The first-order valence-corrected chi connectivity index (χ1v) is 10.0. The van der Waals surface area contributed by atoms with Gasteiger partial charge in [0.25, 0.3) is 11.8 Å².